The van der Waals surface area contributed by atoms with Gasteiger partial charge in [-0.1, -0.05) is 18.6 Å². The Kier molecular flexibility index (Phi) is 11.4. The molecule has 0 spiro atoms. The molecule has 0 aliphatic carbocycles. The molecule has 284 valence electrons. The van der Waals surface area contributed by atoms with E-state index >= 15 is 0 Å². The predicted octanol–water partition coefficient (Wildman–Crippen LogP) is 5.73. The number of ether oxygens (including phenoxy) is 1. The molecule has 6 aromatic rings. The van der Waals surface area contributed by atoms with E-state index in [1.54, 1.807) is 34.5 Å². The van der Waals surface area contributed by atoms with Crippen LogP contribution >= 0.6 is 0 Å². The minimum atomic E-state index is -0.513. The van der Waals surface area contributed by atoms with Gasteiger partial charge in [-0.3, -0.25) is 24.3 Å². The van der Waals surface area contributed by atoms with Crippen LogP contribution in [0.25, 0.3) is 22.1 Å². The van der Waals surface area contributed by atoms with Crippen molar-refractivity contribution in [2.75, 3.05) is 17.7 Å². The normalized spacial score (nSPS) is 11.5. The molecule has 0 atom stereocenters. The van der Waals surface area contributed by atoms with Crippen LogP contribution in [-0.4, -0.2) is 63.1 Å². The lowest BCUT2D eigenvalue weighted by Gasteiger charge is -2.12. The van der Waals surface area contributed by atoms with Crippen LogP contribution in [0.15, 0.2) is 42.5 Å². The summed E-state index contributed by atoms with van der Waals surface area (Å²) in [6.45, 7) is 12.3. The van der Waals surface area contributed by atoms with Crippen molar-refractivity contribution in [1.82, 2.24) is 38.7 Å². The average molecular weight is 736 g/mol. The van der Waals surface area contributed by atoms with Crippen LogP contribution in [0.4, 0.5) is 11.9 Å². The minimum absolute atomic E-state index is 0.278. The first-order chi connectivity index (χ1) is 26.0. The zero-order chi connectivity index (χ0) is 38.5. The second-order valence-corrected chi connectivity index (χ2v) is 13.5. The number of unbranched alkanes of at least 4 members (excludes halogenated alkanes) is 3. The second kappa shape index (κ2) is 16.4. The highest BCUT2D eigenvalue weighted by Crippen LogP contribution is 2.26. The molecule has 15 nitrogen and oxygen atoms in total. The Labute approximate surface area is 313 Å². The average Bonchev–Trinajstić information content (AvgIpc) is 3.87. The molecule has 0 aliphatic heterocycles. The van der Waals surface area contributed by atoms with Gasteiger partial charge < -0.3 is 25.3 Å². The summed E-state index contributed by atoms with van der Waals surface area (Å²) >= 11 is 0. The van der Waals surface area contributed by atoms with Crippen LogP contribution in [0.3, 0.4) is 0 Å². The largest absolute Gasteiger partial charge is 0.461 e. The third-order valence-corrected chi connectivity index (χ3v) is 9.73. The van der Waals surface area contributed by atoms with Gasteiger partial charge in [0.1, 0.15) is 11.4 Å². The van der Waals surface area contributed by atoms with E-state index in [1.165, 1.54) is 0 Å². The zero-order valence-corrected chi connectivity index (χ0v) is 31.7. The molecule has 4 heterocycles. The highest BCUT2D eigenvalue weighted by molar-refractivity contribution is 6.03. The standard InChI is InChI=1S/C39H49N11O4/c1-6-49-34(37(53)54-7-2)28(26(5)46-49)15-9-8-10-21-50-32(22-25(4)45-50)36(52)44-39-43-33-24(3)14-13-16-31(33)48(39)20-12-11-19-47-30-18-17-27(35(40)51)23-29(30)42-38(47)41/h13-14,16-18,22-23H,6-12,15,19-21H2,1-5H3,(H2,40,51)(H2,41,42)(H,43,44,52). The first-order valence-electron chi connectivity index (χ1n) is 18.6. The Morgan fingerprint density at radius 3 is 2.33 bits per heavy atom. The van der Waals surface area contributed by atoms with Crippen LogP contribution in [0.2, 0.25) is 0 Å². The number of nitrogens with one attached hydrogen (secondary N) is 1. The number of benzene rings is 2. The Bertz CT molecular complexity index is 2330. The lowest BCUT2D eigenvalue weighted by atomic mass is 10.0. The van der Waals surface area contributed by atoms with Crippen molar-refractivity contribution in [3.8, 4) is 0 Å². The molecule has 0 bridgehead atoms. The SMILES string of the molecule is CCOC(=O)c1c(CCCCCn2nc(C)cc2C(=O)Nc2nc3c(C)cccc3n2CCCCn2c(N)nc3cc(C(N)=O)ccc32)c(C)nn1CC. The highest BCUT2D eigenvalue weighted by atomic mass is 16.5. The maximum absolute atomic E-state index is 13.8. The molecule has 5 N–H and O–H groups in total. The molecule has 2 aromatic carbocycles. The van der Waals surface area contributed by atoms with Gasteiger partial charge in [0.05, 0.1) is 40.1 Å². The van der Waals surface area contributed by atoms with Crippen LogP contribution < -0.4 is 16.8 Å². The maximum Gasteiger partial charge on any atom is 0.356 e. The number of anilines is 2. The number of fused-ring (bicyclic) bond motifs is 2. The first kappa shape index (κ1) is 37.8. The fraction of sp³-hybridized carbons (Fsp3) is 0.410. The number of rotatable bonds is 17. The smallest absolute Gasteiger partial charge is 0.356 e. The molecule has 0 aliphatic rings. The summed E-state index contributed by atoms with van der Waals surface area (Å²) in [6.07, 6.45) is 4.81. The van der Waals surface area contributed by atoms with Crippen LogP contribution in [-0.2, 0) is 37.3 Å². The van der Waals surface area contributed by atoms with Crippen molar-refractivity contribution < 1.29 is 19.1 Å². The van der Waals surface area contributed by atoms with Gasteiger partial charge in [-0.15, -0.1) is 0 Å². The number of aromatic nitrogens is 8. The van der Waals surface area contributed by atoms with E-state index < -0.39 is 5.91 Å². The van der Waals surface area contributed by atoms with Gasteiger partial charge in [-0.25, -0.2) is 14.8 Å². The van der Waals surface area contributed by atoms with Crippen molar-refractivity contribution in [1.29, 1.82) is 0 Å². The van der Waals surface area contributed by atoms with Crippen molar-refractivity contribution in [3.63, 3.8) is 0 Å². The number of hydrogen-bond acceptors (Lipinski definition) is 9. The van der Waals surface area contributed by atoms with Gasteiger partial charge in [0.2, 0.25) is 17.8 Å². The number of carbonyl (C=O) groups is 3. The third-order valence-electron chi connectivity index (χ3n) is 9.73. The number of amides is 2. The lowest BCUT2D eigenvalue weighted by molar-refractivity contribution is 0.0510. The summed E-state index contributed by atoms with van der Waals surface area (Å²) in [5, 5.41) is 12.3. The first-order valence-corrected chi connectivity index (χ1v) is 18.6. The Balaban J connectivity index is 1.10. The van der Waals surface area contributed by atoms with Crippen LogP contribution in [0.1, 0.15) is 99.8 Å². The van der Waals surface area contributed by atoms with Crippen molar-refractivity contribution in [2.24, 2.45) is 5.73 Å². The van der Waals surface area contributed by atoms with Crippen molar-refractivity contribution in [2.45, 2.75) is 99.3 Å². The number of carbonyl (C=O) groups excluding carboxylic acids is 3. The Morgan fingerprint density at radius 2 is 1.59 bits per heavy atom. The number of imidazole rings is 2. The van der Waals surface area contributed by atoms with Gasteiger partial charge >= 0.3 is 5.97 Å². The molecule has 0 radical (unpaired) electrons. The van der Waals surface area contributed by atoms with E-state index in [9.17, 15) is 14.4 Å². The van der Waals surface area contributed by atoms with Gasteiger partial charge in [0, 0.05) is 37.3 Å². The fourth-order valence-corrected chi connectivity index (χ4v) is 7.06. The summed E-state index contributed by atoms with van der Waals surface area (Å²) in [4.78, 5) is 47.5. The van der Waals surface area contributed by atoms with E-state index in [2.05, 4.69) is 25.1 Å². The molecule has 0 fully saturated rings. The predicted molar refractivity (Wildman–Crippen MR) is 207 cm³/mol. The van der Waals surface area contributed by atoms with Gasteiger partial charge in [0.15, 0.2) is 0 Å². The fourth-order valence-electron chi connectivity index (χ4n) is 7.06. The van der Waals surface area contributed by atoms with Gasteiger partial charge in [-0.05, 0) is 103 Å². The summed E-state index contributed by atoms with van der Waals surface area (Å²) in [6, 6.07) is 13.0. The zero-order valence-electron chi connectivity index (χ0n) is 31.7. The highest BCUT2D eigenvalue weighted by Gasteiger charge is 2.23. The van der Waals surface area contributed by atoms with E-state index in [-0.39, 0.29) is 11.9 Å². The number of esters is 1. The van der Waals surface area contributed by atoms with Gasteiger partial charge in [-0.2, -0.15) is 10.2 Å². The van der Waals surface area contributed by atoms with Gasteiger partial charge in [0.25, 0.3) is 5.91 Å². The number of aryl methyl sites for hydroxylation is 7. The Hall–Kier alpha value is -5.99. The molecule has 15 heteroatoms. The number of hydrogen-bond donors (Lipinski definition) is 3. The molecule has 54 heavy (non-hydrogen) atoms. The molecule has 0 unspecified atom stereocenters. The number of para-hydroxylation sites is 1. The lowest BCUT2D eigenvalue weighted by Crippen LogP contribution is -2.20. The number of primary amides is 1. The summed E-state index contributed by atoms with van der Waals surface area (Å²) in [5.41, 5.74) is 19.9. The molecule has 2 amide bonds. The van der Waals surface area contributed by atoms with Crippen LogP contribution in [0.5, 0.6) is 0 Å². The number of nitrogens with two attached hydrogens (primary N) is 2. The topological polar surface area (TPSA) is 196 Å². The maximum atomic E-state index is 13.8. The molecule has 6 rings (SSSR count). The monoisotopic (exact) mass is 735 g/mol. The van der Waals surface area contributed by atoms with E-state index in [0.29, 0.717) is 73.6 Å². The molecule has 4 aromatic heterocycles. The number of nitrogens with zero attached hydrogens (tertiary/aromatic N) is 8. The molecular weight excluding hydrogens is 687 g/mol. The van der Waals surface area contributed by atoms with Crippen molar-refractivity contribution in [3.05, 3.63) is 81.9 Å². The summed E-state index contributed by atoms with van der Waals surface area (Å²) in [7, 11) is 0. The number of nitrogen functional groups attached to an aromatic ring is 1. The second-order valence-electron chi connectivity index (χ2n) is 13.5. The van der Waals surface area contributed by atoms with E-state index in [4.69, 9.17) is 21.2 Å². The Morgan fingerprint density at radius 1 is 0.833 bits per heavy atom. The quantitative estimate of drug-likeness (QED) is 0.0774. The third kappa shape index (κ3) is 7.84. The van der Waals surface area contributed by atoms with E-state index in [0.717, 1.165) is 71.2 Å². The van der Waals surface area contributed by atoms with Crippen molar-refractivity contribution >= 4 is 51.7 Å². The molecular formula is C39H49N11O4. The minimum Gasteiger partial charge on any atom is -0.461 e. The van der Waals surface area contributed by atoms with Crippen LogP contribution in [0, 0.1) is 20.8 Å². The summed E-state index contributed by atoms with van der Waals surface area (Å²) in [5.74, 6) is -0.280. The molecule has 0 saturated heterocycles. The molecule has 0 saturated carbocycles. The van der Waals surface area contributed by atoms with E-state index in [1.807, 2.05) is 56.5 Å². The summed E-state index contributed by atoms with van der Waals surface area (Å²) < 4.78 is 12.8.